The van der Waals surface area contributed by atoms with Gasteiger partial charge in [-0.05, 0) is 87.4 Å². The Hall–Kier alpha value is -4.70. The van der Waals surface area contributed by atoms with Crippen molar-refractivity contribution in [2.75, 3.05) is 20.8 Å². The van der Waals surface area contributed by atoms with E-state index in [0.717, 1.165) is 22.6 Å². The lowest BCUT2D eigenvalue weighted by Crippen LogP contribution is -2.39. The van der Waals surface area contributed by atoms with Gasteiger partial charge in [0.05, 0.1) is 48.2 Å². The smallest absolute Gasteiger partial charge is 0.338 e. The minimum atomic E-state index is -0.724. The Morgan fingerprint density at radius 1 is 1.02 bits per heavy atom. The van der Waals surface area contributed by atoms with Crippen LogP contribution < -0.4 is 19.6 Å². The van der Waals surface area contributed by atoms with Crippen molar-refractivity contribution in [2.45, 2.75) is 33.7 Å². The maximum atomic E-state index is 14.0. The molecule has 1 aliphatic rings. The van der Waals surface area contributed by atoms with Gasteiger partial charge >= 0.3 is 11.9 Å². The summed E-state index contributed by atoms with van der Waals surface area (Å²) in [5.74, 6) is -0.297. The van der Waals surface area contributed by atoms with E-state index in [2.05, 4.69) is 9.56 Å². The second kappa shape index (κ2) is 11.7. The zero-order valence-corrected chi connectivity index (χ0v) is 25.1. The highest BCUT2D eigenvalue weighted by atomic mass is 32.1. The number of esters is 2. The number of fused-ring (bicyclic) bond motifs is 1. The van der Waals surface area contributed by atoms with Gasteiger partial charge in [0, 0.05) is 17.1 Å². The molecule has 9 nitrogen and oxygen atoms in total. The molecule has 0 unspecified atom stereocenters. The van der Waals surface area contributed by atoms with Crippen molar-refractivity contribution in [1.82, 2.24) is 9.13 Å². The number of carbonyl (C=O) groups excluding carboxylic acids is 2. The highest BCUT2D eigenvalue weighted by Gasteiger charge is 2.33. The highest BCUT2D eigenvalue weighted by Crippen LogP contribution is 2.32. The summed E-state index contributed by atoms with van der Waals surface area (Å²) in [4.78, 5) is 44.2. The van der Waals surface area contributed by atoms with E-state index in [1.807, 2.05) is 62.4 Å². The number of methoxy groups -OCH3 is 2. The minimum absolute atomic E-state index is 0.200. The molecule has 0 fully saturated rings. The minimum Gasteiger partial charge on any atom is -0.497 e. The third-order valence-electron chi connectivity index (χ3n) is 7.23. The Bertz CT molecular complexity index is 1910. The topological polar surface area (TPSA) is 101 Å². The molecule has 1 atom stereocenters. The number of hydrogen-bond acceptors (Lipinski definition) is 8. The summed E-state index contributed by atoms with van der Waals surface area (Å²) in [7, 11) is 2.92. The SMILES string of the molecule is CCOC(=O)C1=C(C)N=c2s/c(=C/c3cc(C)n(-c4ccc(C(=O)OC)cc4)c3C)c(=O)n2[C@H]1c1cccc(OC)c1. The molecule has 5 rings (SSSR count). The molecule has 0 saturated heterocycles. The van der Waals surface area contributed by atoms with Crippen LogP contribution >= 0.6 is 11.3 Å². The van der Waals surface area contributed by atoms with Gasteiger partial charge in [-0.2, -0.15) is 0 Å². The van der Waals surface area contributed by atoms with Crippen LogP contribution in [0.15, 0.2) is 75.7 Å². The first-order valence-corrected chi connectivity index (χ1v) is 14.2. The molecule has 0 bridgehead atoms. The number of carbonyl (C=O) groups is 2. The van der Waals surface area contributed by atoms with Gasteiger partial charge in [-0.25, -0.2) is 14.6 Å². The van der Waals surface area contributed by atoms with Gasteiger partial charge in [-0.3, -0.25) is 9.36 Å². The Morgan fingerprint density at radius 2 is 1.76 bits per heavy atom. The predicted molar refractivity (Wildman–Crippen MR) is 160 cm³/mol. The number of aryl methyl sites for hydroxylation is 1. The molecule has 0 N–H and O–H groups in total. The van der Waals surface area contributed by atoms with Crippen LogP contribution in [0.2, 0.25) is 0 Å². The van der Waals surface area contributed by atoms with E-state index < -0.39 is 18.0 Å². The average molecular weight is 586 g/mol. The fraction of sp³-hybridized carbons (Fsp3) is 0.250. The molecule has 42 heavy (non-hydrogen) atoms. The quantitative estimate of drug-likeness (QED) is 0.304. The van der Waals surface area contributed by atoms with Gasteiger partial charge in [-0.1, -0.05) is 23.5 Å². The van der Waals surface area contributed by atoms with Crippen molar-refractivity contribution < 1.29 is 23.8 Å². The molecule has 3 heterocycles. The van der Waals surface area contributed by atoms with Crippen molar-refractivity contribution in [3.8, 4) is 11.4 Å². The van der Waals surface area contributed by atoms with Gasteiger partial charge < -0.3 is 18.8 Å². The second-order valence-electron chi connectivity index (χ2n) is 9.78. The summed E-state index contributed by atoms with van der Waals surface area (Å²) < 4.78 is 19.7. The lowest BCUT2D eigenvalue weighted by Gasteiger charge is -2.25. The summed E-state index contributed by atoms with van der Waals surface area (Å²) in [6.45, 7) is 7.67. The molecule has 4 aromatic rings. The van der Waals surface area contributed by atoms with Crippen LogP contribution in [-0.2, 0) is 14.3 Å². The van der Waals surface area contributed by atoms with E-state index in [0.29, 0.717) is 37.5 Å². The number of hydrogen-bond donors (Lipinski definition) is 0. The van der Waals surface area contributed by atoms with Crippen LogP contribution in [0.1, 0.15) is 52.8 Å². The summed E-state index contributed by atoms with van der Waals surface area (Å²) in [5, 5.41) is 0. The Balaban J connectivity index is 1.65. The van der Waals surface area contributed by atoms with Crippen LogP contribution in [0.5, 0.6) is 5.75 Å². The number of nitrogens with zero attached hydrogens (tertiary/aromatic N) is 3. The van der Waals surface area contributed by atoms with Crippen LogP contribution in [-0.4, -0.2) is 41.9 Å². The highest BCUT2D eigenvalue weighted by molar-refractivity contribution is 7.07. The first-order chi connectivity index (χ1) is 20.2. The lowest BCUT2D eigenvalue weighted by atomic mass is 9.95. The fourth-order valence-electron chi connectivity index (χ4n) is 5.26. The Labute approximate surface area is 246 Å². The summed E-state index contributed by atoms with van der Waals surface area (Å²) in [6.07, 6.45) is 1.86. The molecule has 216 valence electrons. The van der Waals surface area contributed by atoms with E-state index in [9.17, 15) is 14.4 Å². The number of benzene rings is 2. The zero-order chi connectivity index (χ0) is 30.1. The monoisotopic (exact) mass is 585 g/mol. The molecule has 0 spiro atoms. The Kier molecular flexibility index (Phi) is 8.00. The van der Waals surface area contributed by atoms with Crippen LogP contribution in [0.3, 0.4) is 0 Å². The second-order valence-corrected chi connectivity index (χ2v) is 10.8. The molecular weight excluding hydrogens is 554 g/mol. The third-order valence-corrected chi connectivity index (χ3v) is 8.21. The lowest BCUT2D eigenvalue weighted by molar-refractivity contribution is -0.139. The number of ether oxygens (including phenoxy) is 3. The molecule has 2 aromatic heterocycles. The van der Waals surface area contributed by atoms with Gasteiger partial charge in [0.1, 0.15) is 5.75 Å². The number of thiazole rings is 1. The van der Waals surface area contributed by atoms with Crippen LogP contribution in [0.25, 0.3) is 11.8 Å². The number of aromatic nitrogens is 2. The zero-order valence-electron chi connectivity index (χ0n) is 24.3. The molecule has 1 aliphatic heterocycles. The number of allylic oxidation sites excluding steroid dienone is 1. The third kappa shape index (κ3) is 5.09. The largest absolute Gasteiger partial charge is 0.497 e. The normalized spacial score (nSPS) is 14.8. The maximum absolute atomic E-state index is 14.0. The van der Waals surface area contributed by atoms with Gasteiger partial charge in [-0.15, -0.1) is 0 Å². The standard InChI is InChI=1S/C32H31N3O6S/c1-7-41-31(38)27-19(3)33-32-35(28(27)22-9-8-10-25(16-22)39-5)29(36)26(42-32)17-23-15-18(2)34(20(23)4)24-13-11-21(12-14-24)30(37)40-6/h8-17,28H,7H2,1-6H3/b26-17+/t28-/m0/s1. The number of rotatable bonds is 7. The van der Waals surface area contributed by atoms with Crippen molar-refractivity contribution in [3.63, 3.8) is 0 Å². The first-order valence-electron chi connectivity index (χ1n) is 13.4. The fourth-order valence-corrected chi connectivity index (χ4v) is 6.29. The van der Waals surface area contributed by atoms with Crippen LogP contribution in [0.4, 0.5) is 0 Å². The summed E-state index contributed by atoms with van der Waals surface area (Å²) >= 11 is 1.27. The molecule has 0 radical (unpaired) electrons. The molecular formula is C32H31N3O6S. The molecule has 0 saturated carbocycles. The summed E-state index contributed by atoms with van der Waals surface area (Å²) in [5.41, 5.74) is 5.39. The van der Waals surface area contributed by atoms with Crippen molar-refractivity contribution >= 4 is 29.4 Å². The van der Waals surface area contributed by atoms with Gasteiger partial charge in [0.25, 0.3) is 5.56 Å². The first kappa shape index (κ1) is 28.8. The maximum Gasteiger partial charge on any atom is 0.338 e. The molecule has 0 aliphatic carbocycles. The average Bonchev–Trinajstić information content (AvgIpc) is 3.45. The molecule has 2 aromatic carbocycles. The molecule has 10 heteroatoms. The van der Waals surface area contributed by atoms with Crippen molar-refractivity contribution in [2.24, 2.45) is 4.99 Å². The van der Waals surface area contributed by atoms with Crippen molar-refractivity contribution in [3.05, 3.63) is 114 Å². The summed E-state index contributed by atoms with van der Waals surface area (Å²) in [6, 6.07) is 15.8. The Morgan fingerprint density at radius 3 is 2.43 bits per heavy atom. The van der Waals surface area contributed by atoms with E-state index in [1.54, 1.807) is 37.7 Å². The van der Waals surface area contributed by atoms with Crippen LogP contribution in [0, 0.1) is 13.8 Å². The predicted octanol–water partition coefficient (Wildman–Crippen LogP) is 4.00. The van der Waals surface area contributed by atoms with E-state index in [4.69, 9.17) is 14.2 Å². The van der Waals surface area contributed by atoms with Crippen molar-refractivity contribution in [1.29, 1.82) is 0 Å². The van der Waals surface area contributed by atoms with E-state index in [-0.39, 0.29) is 12.2 Å². The van der Waals surface area contributed by atoms with E-state index >= 15 is 0 Å². The van der Waals surface area contributed by atoms with Gasteiger partial charge in [0.15, 0.2) is 4.80 Å². The molecule has 0 amide bonds. The van der Waals surface area contributed by atoms with Gasteiger partial charge in [0.2, 0.25) is 0 Å². The van der Waals surface area contributed by atoms with E-state index in [1.165, 1.54) is 18.4 Å².